The molecule has 128 valence electrons. The molecule has 0 heterocycles. The third-order valence-corrected chi connectivity index (χ3v) is 4.24. The second-order valence-electron chi connectivity index (χ2n) is 6.03. The number of amides is 3. The lowest BCUT2D eigenvalue weighted by Crippen LogP contribution is -2.44. The van der Waals surface area contributed by atoms with Crippen molar-refractivity contribution in [2.45, 2.75) is 57.8 Å². The molecule has 0 bridgehead atoms. The van der Waals surface area contributed by atoms with Gasteiger partial charge in [0.15, 0.2) is 6.19 Å². The molecule has 0 aromatic heterocycles. The molecule has 1 N–H and O–H groups in total. The molecule has 0 unspecified atom stereocenters. The number of hydrogen-bond acceptors (Lipinski definition) is 4. The van der Waals surface area contributed by atoms with Crippen molar-refractivity contribution < 1.29 is 19.5 Å². The first kappa shape index (κ1) is 18.9. The van der Waals surface area contributed by atoms with E-state index in [9.17, 15) is 14.4 Å². The summed E-state index contributed by atoms with van der Waals surface area (Å²) in [6.07, 6.45) is 8.38. The average Bonchev–Trinajstić information content (AvgIpc) is 2.54. The van der Waals surface area contributed by atoms with E-state index in [1.54, 1.807) is 6.19 Å². The Morgan fingerprint density at radius 3 is 2.39 bits per heavy atom. The fourth-order valence-corrected chi connectivity index (χ4v) is 2.86. The van der Waals surface area contributed by atoms with Crippen LogP contribution in [0.1, 0.15) is 57.8 Å². The van der Waals surface area contributed by atoms with Crippen LogP contribution < -0.4 is 0 Å². The normalized spacial score (nSPS) is 14.8. The van der Waals surface area contributed by atoms with Gasteiger partial charge in [-0.15, -0.1) is 0 Å². The van der Waals surface area contributed by atoms with Crippen LogP contribution in [0.25, 0.3) is 0 Å². The molecule has 0 atom stereocenters. The molecule has 3 amide bonds. The topological polar surface area (TPSA) is 102 Å². The smallest absolute Gasteiger partial charge is 0.339 e. The van der Waals surface area contributed by atoms with E-state index in [2.05, 4.69) is 0 Å². The minimum atomic E-state index is -0.966. The monoisotopic (exact) mass is 323 g/mol. The first-order valence-corrected chi connectivity index (χ1v) is 8.15. The van der Waals surface area contributed by atoms with E-state index < -0.39 is 17.9 Å². The van der Waals surface area contributed by atoms with Gasteiger partial charge in [0, 0.05) is 26.4 Å². The van der Waals surface area contributed by atoms with Crippen LogP contribution in [0.2, 0.25) is 0 Å². The van der Waals surface area contributed by atoms with Gasteiger partial charge in [0.05, 0.1) is 0 Å². The molecule has 1 fully saturated rings. The molecule has 7 heteroatoms. The molecule has 0 aromatic rings. The lowest BCUT2D eigenvalue weighted by molar-refractivity contribution is -0.137. The molecule has 0 aliphatic heterocycles. The van der Waals surface area contributed by atoms with Gasteiger partial charge in [-0.05, 0) is 18.8 Å². The Morgan fingerprint density at radius 1 is 1.17 bits per heavy atom. The number of imide groups is 1. The summed E-state index contributed by atoms with van der Waals surface area (Å²) in [5.74, 6) is -0.862. The van der Waals surface area contributed by atoms with E-state index >= 15 is 0 Å². The van der Waals surface area contributed by atoms with Crippen LogP contribution in [-0.2, 0) is 9.59 Å². The van der Waals surface area contributed by atoms with Crippen molar-refractivity contribution in [3.05, 3.63) is 0 Å². The zero-order valence-electron chi connectivity index (χ0n) is 13.7. The van der Waals surface area contributed by atoms with Crippen LogP contribution in [-0.4, -0.2) is 46.4 Å². The summed E-state index contributed by atoms with van der Waals surface area (Å²) >= 11 is 0. The van der Waals surface area contributed by atoms with Crippen molar-refractivity contribution in [1.82, 2.24) is 9.80 Å². The van der Waals surface area contributed by atoms with Crippen LogP contribution in [0.3, 0.4) is 0 Å². The summed E-state index contributed by atoms with van der Waals surface area (Å²) in [7, 11) is 1.32. The van der Waals surface area contributed by atoms with Crippen LogP contribution in [0, 0.1) is 17.4 Å². The van der Waals surface area contributed by atoms with Crippen molar-refractivity contribution in [2.75, 3.05) is 13.6 Å². The summed E-state index contributed by atoms with van der Waals surface area (Å²) < 4.78 is 0. The Bertz CT molecular complexity index is 466. The highest BCUT2D eigenvalue weighted by Crippen LogP contribution is 2.26. The molecular weight excluding hydrogens is 298 g/mol. The van der Waals surface area contributed by atoms with Gasteiger partial charge in [-0.2, -0.15) is 5.26 Å². The van der Waals surface area contributed by atoms with Crippen LogP contribution >= 0.6 is 0 Å². The number of urea groups is 1. The zero-order valence-corrected chi connectivity index (χ0v) is 13.7. The molecule has 1 aliphatic carbocycles. The second kappa shape index (κ2) is 9.82. The molecule has 1 saturated carbocycles. The predicted molar refractivity (Wildman–Crippen MR) is 83.2 cm³/mol. The molecule has 23 heavy (non-hydrogen) atoms. The van der Waals surface area contributed by atoms with E-state index in [1.165, 1.54) is 26.3 Å². The molecule has 7 nitrogen and oxygen atoms in total. The number of nitriles is 1. The lowest BCUT2D eigenvalue weighted by atomic mass is 9.87. The maximum absolute atomic E-state index is 12.2. The Hall–Kier alpha value is -2.10. The molecule has 1 aliphatic rings. The van der Waals surface area contributed by atoms with Gasteiger partial charge in [-0.3, -0.25) is 14.5 Å². The lowest BCUT2D eigenvalue weighted by Gasteiger charge is -2.27. The van der Waals surface area contributed by atoms with Crippen molar-refractivity contribution in [1.29, 1.82) is 5.26 Å². The van der Waals surface area contributed by atoms with Gasteiger partial charge in [0.25, 0.3) is 0 Å². The van der Waals surface area contributed by atoms with E-state index in [4.69, 9.17) is 10.4 Å². The maximum atomic E-state index is 12.2. The van der Waals surface area contributed by atoms with Gasteiger partial charge in [0.1, 0.15) is 0 Å². The number of carbonyl (C=O) groups excluding carboxylic acids is 2. The highest BCUT2D eigenvalue weighted by atomic mass is 16.4. The number of carbonyl (C=O) groups is 3. The van der Waals surface area contributed by atoms with Crippen molar-refractivity contribution in [2.24, 2.45) is 5.92 Å². The molecule has 0 saturated heterocycles. The maximum Gasteiger partial charge on any atom is 0.339 e. The van der Waals surface area contributed by atoms with Crippen LogP contribution in [0.4, 0.5) is 4.79 Å². The Labute approximate surface area is 136 Å². The third-order valence-electron chi connectivity index (χ3n) is 4.24. The zero-order chi connectivity index (χ0) is 17.2. The minimum absolute atomic E-state index is 0.00196. The van der Waals surface area contributed by atoms with Crippen molar-refractivity contribution >= 4 is 17.9 Å². The number of rotatable bonds is 7. The van der Waals surface area contributed by atoms with E-state index in [1.807, 2.05) is 0 Å². The first-order chi connectivity index (χ1) is 11.0. The van der Waals surface area contributed by atoms with Crippen molar-refractivity contribution in [3.8, 4) is 6.19 Å². The van der Waals surface area contributed by atoms with Gasteiger partial charge in [-0.1, -0.05) is 32.1 Å². The number of hydrogen-bond donors (Lipinski definition) is 1. The van der Waals surface area contributed by atoms with Gasteiger partial charge >= 0.3 is 12.0 Å². The number of carboxylic acids is 1. The number of carboxylic acid groups (broad SMARTS) is 1. The summed E-state index contributed by atoms with van der Waals surface area (Å²) in [5, 5.41) is 17.5. The summed E-state index contributed by atoms with van der Waals surface area (Å²) in [6.45, 7) is 0.293. The highest BCUT2D eigenvalue weighted by Gasteiger charge is 2.25. The number of nitrogens with zero attached hydrogens (tertiary/aromatic N) is 3. The molecule has 0 aromatic carbocycles. The fraction of sp³-hybridized carbons (Fsp3) is 0.750. The molecule has 1 rings (SSSR count). The summed E-state index contributed by atoms with van der Waals surface area (Å²) in [5.41, 5.74) is 0. The van der Waals surface area contributed by atoms with E-state index in [0.29, 0.717) is 12.5 Å². The second-order valence-corrected chi connectivity index (χ2v) is 6.03. The molecule has 0 spiro atoms. The number of aliphatic carboxylic acids is 1. The van der Waals surface area contributed by atoms with E-state index in [-0.39, 0.29) is 19.3 Å². The predicted octanol–water partition coefficient (Wildman–Crippen LogP) is 2.57. The van der Waals surface area contributed by atoms with Crippen LogP contribution in [0.15, 0.2) is 0 Å². The van der Waals surface area contributed by atoms with Gasteiger partial charge in [-0.25, -0.2) is 9.69 Å². The summed E-state index contributed by atoms with van der Waals surface area (Å²) in [6, 6.07) is -0.636. The highest BCUT2D eigenvalue weighted by molar-refractivity contribution is 5.95. The van der Waals surface area contributed by atoms with Crippen molar-refractivity contribution in [3.63, 3.8) is 0 Å². The van der Waals surface area contributed by atoms with Gasteiger partial charge in [0.2, 0.25) is 5.91 Å². The SMILES string of the molecule is CN(C#N)C(=O)N(CCC1CCCCC1)C(=O)CCCC(=O)O. The molecular formula is C16H25N3O4. The molecule has 0 radical (unpaired) electrons. The Morgan fingerprint density at radius 2 is 1.83 bits per heavy atom. The fourth-order valence-electron chi connectivity index (χ4n) is 2.86. The largest absolute Gasteiger partial charge is 0.481 e. The first-order valence-electron chi connectivity index (χ1n) is 8.15. The summed E-state index contributed by atoms with van der Waals surface area (Å²) in [4.78, 5) is 36.9. The van der Waals surface area contributed by atoms with Crippen LogP contribution in [0.5, 0.6) is 0 Å². The Kier molecular flexibility index (Phi) is 8.09. The Balaban J connectivity index is 2.60. The third kappa shape index (κ3) is 6.68. The quantitative estimate of drug-likeness (QED) is 0.573. The average molecular weight is 323 g/mol. The van der Waals surface area contributed by atoms with E-state index in [0.717, 1.165) is 29.1 Å². The van der Waals surface area contributed by atoms with Gasteiger partial charge < -0.3 is 5.11 Å². The standard InChI is InChI=1S/C16H25N3O4/c1-18(12-17)16(23)19(14(20)8-5-9-15(21)22)11-10-13-6-3-2-4-7-13/h13H,2-11H2,1H3,(H,21,22). The minimum Gasteiger partial charge on any atom is -0.481 e.